The van der Waals surface area contributed by atoms with Crippen LogP contribution in [0.1, 0.15) is 41.0 Å². The van der Waals surface area contributed by atoms with E-state index >= 15 is 0 Å². The number of hydrogen-bond donors (Lipinski definition) is 0. The summed E-state index contributed by atoms with van der Waals surface area (Å²) >= 11 is 0. The summed E-state index contributed by atoms with van der Waals surface area (Å²) in [6.45, 7) is 8.96. The minimum atomic E-state index is -3.88. The molecule has 0 aromatic rings. The fourth-order valence-corrected chi connectivity index (χ4v) is 1.89. The van der Waals surface area contributed by atoms with Crippen molar-refractivity contribution in [3.05, 3.63) is 0 Å². The molecule has 0 heterocycles. The maximum Gasteiger partial charge on any atom is 0.370 e. The van der Waals surface area contributed by atoms with Gasteiger partial charge in [-0.2, -0.15) is 4.20 Å². The van der Waals surface area contributed by atoms with Gasteiger partial charge in [0, 0.05) is 0 Å². The van der Waals surface area contributed by atoms with Gasteiger partial charge in [0.1, 0.15) is 0 Å². The molecule has 0 saturated carbocycles. The van der Waals surface area contributed by atoms with E-state index < -0.39 is 13.3 Å². The third kappa shape index (κ3) is 5.43. The Kier molecular flexibility index (Phi) is 5.16. The average Bonchev–Trinajstić information content (AvgIpc) is 1.82. The Morgan fingerprint density at radius 2 is 1.69 bits per heavy atom. The molecule has 0 aliphatic carbocycles. The molecule has 0 rings (SSSR count). The molecule has 2 atom stereocenters. The second kappa shape index (κ2) is 5.11. The van der Waals surface area contributed by atoms with Gasteiger partial charge in [-0.15, -0.1) is 0 Å². The van der Waals surface area contributed by atoms with Crippen molar-refractivity contribution in [3.63, 3.8) is 0 Å². The average molecular weight is 210 g/mol. The van der Waals surface area contributed by atoms with Gasteiger partial charge in [-0.3, -0.25) is 4.57 Å². The Balaban J connectivity index is 4.05. The molecule has 0 radical (unpaired) electrons. The number of rotatable bonds is 5. The molecule has 0 fully saturated rings. The van der Waals surface area contributed by atoms with Crippen molar-refractivity contribution in [3.8, 4) is 0 Å². The highest BCUT2D eigenvalue weighted by Gasteiger charge is 2.29. The Hall–Kier alpha value is 0.120. The van der Waals surface area contributed by atoms with E-state index in [9.17, 15) is 8.76 Å². The van der Waals surface area contributed by atoms with Crippen molar-refractivity contribution in [2.75, 3.05) is 0 Å². The number of hydrogen-bond acceptors (Lipinski definition) is 2. The van der Waals surface area contributed by atoms with Crippen molar-refractivity contribution >= 4 is 7.68 Å². The molecule has 13 heavy (non-hydrogen) atoms. The molecule has 0 aromatic carbocycles. The highest BCUT2D eigenvalue weighted by Crippen LogP contribution is 2.54. The van der Waals surface area contributed by atoms with E-state index in [4.69, 9.17) is 4.52 Å². The molecule has 80 valence electrons. The van der Waals surface area contributed by atoms with Crippen LogP contribution < -0.4 is 0 Å². The van der Waals surface area contributed by atoms with Gasteiger partial charge in [0.15, 0.2) is 0 Å². The zero-order valence-corrected chi connectivity index (χ0v) is 9.98. The maximum atomic E-state index is 13.2. The van der Waals surface area contributed by atoms with Gasteiger partial charge in [0.05, 0.1) is 11.8 Å². The fourth-order valence-electron chi connectivity index (χ4n) is 1.07. The molecule has 0 aromatic heterocycles. The van der Waals surface area contributed by atoms with Gasteiger partial charge in [-0.1, -0.05) is 27.7 Å². The SMILES string of the molecule is CC(C)CC(C)OP(=O)(F)C(C)C. The first-order chi connectivity index (χ1) is 5.75. The van der Waals surface area contributed by atoms with Crippen molar-refractivity contribution in [2.24, 2.45) is 5.92 Å². The molecule has 0 aliphatic heterocycles. The van der Waals surface area contributed by atoms with E-state index in [0.29, 0.717) is 5.92 Å². The second-order valence-electron chi connectivity index (χ2n) is 4.16. The molecule has 0 amide bonds. The molecule has 0 N–H and O–H groups in total. The summed E-state index contributed by atoms with van der Waals surface area (Å²) < 4.78 is 29.4. The molecule has 2 nitrogen and oxygen atoms in total. The lowest BCUT2D eigenvalue weighted by Crippen LogP contribution is -2.11. The number of halogens is 1. The van der Waals surface area contributed by atoms with Crippen molar-refractivity contribution in [2.45, 2.75) is 52.8 Å². The summed E-state index contributed by atoms with van der Waals surface area (Å²) in [5.74, 6) is 0.433. The van der Waals surface area contributed by atoms with Crippen LogP contribution in [0, 0.1) is 5.92 Å². The minimum Gasteiger partial charge on any atom is -0.302 e. The van der Waals surface area contributed by atoms with E-state index in [1.807, 2.05) is 13.8 Å². The highest BCUT2D eigenvalue weighted by molar-refractivity contribution is 7.54. The summed E-state index contributed by atoms with van der Waals surface area (Å²) in [5, 5.41) is 0. The lowest BCUT2D eigenvalue weighted by molar-refractivity contribution is 0.178. The van der Waals surface area contributed by atoms with Crippen LogP contribution in [0.2, 0.25) is 0 Å². The van der Waals surface area contributed by atoms with E-state index in [2.05, 4.69) is 0 Å². The first-order valence-electron chi connectivity index (χ1n) is 4.73. The Morgan fingerprint density at radius 1 is 1.23 bits per heavy atom. The predicted molar refractivity (Wildman–Crippen MR) is 53.9 cm³/mol. The third-order valence-electron chi connectivity index (χ3n) is 1.74. The smallest absolute Gasteiger partial charge is 0.302 e. The van der Waals surface area contributed by atoms with Gasteiger partial charge in [0.25, 0.3) is 0 Å². The van der Waals surface area contributed by atoms with E-state index in [-0.39, 0.29) is 6.10 Å². The third-order valence-corrected chi connectivity index (χ3v) is 3.62. The lowest BCUT2D eigenvalue weighted by Gasteiger charge is -2.19. The fraction of sp³-hybridized carbons (Fsp3) is 1.00. The van der Waals surface area contributed by atoms with Crippen LogP contribution in [-0.2, 0) is 9.09 Å². The predicted octanol–water partition coefficient (Wildman–Crippen LogP) is 4.01. The van der Waals surface area contributed by atoms with Gasteiger partial charge in [0.2, 0.25) is 0 Å². The van der Waals surface area contributed by atoms with Crippen molar-refractivity contribution in [1.82, 2.24) is 0 Å². The van der Waals surface area contributed by atoms with E-state index in [0.717, 1.165) is 6.42 Å². The Morgan fingerprint density at radius 3 is 2.00 bits per heavy atom. The van der Waals surface area contributed by atoms with Gasteiger partial charge in [-0.25, -0.2) is 0 Å². The Bertz CT molecular complexity index is 192. The Labute approximate surface area is 80.4 Å². The van der Waals surface area contributed by atoms with Gasteiger partial charge in [-0.05, 0) is 19.3 Å². The molecule has 0 spiro atoms. The molecule has 2 unspecified atom stereocenters. The summed E-state index contributed by atoms with van der Waals surface area (Å²) in [5.41, 5.74) is -0.540. The largest absolute Gasteiger partial charge is 0.370 e. The van der Waals surface area contributed by atoms with Crippen molar-refractivity contribution in [1.29, 1.82) is 0 Å². The van der Waals surface area contributed by atoms with Crippen LogP contribution in [0.4, 0.5) is 4.20 Å². The quantitative estimate of drug-likeness (QED) is 0.641. The van der Waals surface area contributed by atoms with E-state index in [1.54, 1.807) is 20.8 Å². The maximum absolute atomic E-state index is 13.2. The normalized spacial score (nSPS) is 19.1. The summed E-state index contributed by atoms with van der Waals surface area (Å²) in [6, 6.07) is 0. The molecule has 4 heteroatoms. The topological polar surface area (TPSA) is 26.3 Å². The van der Waals surface area contributed by atoms with Gasteiger partial charge >= 0.3 is 7.68 Å². The molecule has 0 saturated heterocycles. The van der Waals surface area contributed by atoms with Crippen molar-refractivity contribution < 1.29 is 13.3 Å². The second-order valence-corrected chi connectivity index (χ2v) is 6.45. The highest BCUT2D eigenvalue weighted by atomic mass is 31.2. The van der Waals surface area contributed by atoms with Crippen LogP contribution in [0.3, 0.4) is 0 Å². The monoisotopic (exact) mass is 210 g/mol. The summed E-state index contributed by atoms with van der Waals surface area (Å²) in [6.07, 6.45) is 0.471. The molecular formula is C9H20FO2P. The zero-order chi connectivity index (χ0) is 10.6. The molecule has 0 aliphatic rings. The van der Waals surface area contributed by atoms with Crippen LogP contribution in [0.25, 0.3) is 0 Å². The van der Waals surface area contributed by atoms with Gasteiger partial charge < -0.3 is 4.52 Å². The van der Waals surface area contributed by atoms with Crippen LogP contribution in [-0.4, -0.2) is 11.8 Å². The molecule has 0 bridgehead atoms. The minimum absolute atomic E-state index is 0.266. The summed E-state index contributed by atoms with van der Waals surface area (Å²) in [7, 11) is -3.88. The van der Waals surface area contributed by atoms with Crippen LogP contribution >= 0.6 is 7.68 Å². The lowest BCUT2D eigenvalue weighted by atomic mass is 10.1. The van der Waals surface area contributed by atoms with Crippen LogP contribution in [0.5, 0.6) is 0 Å². The van der Waals surface area contributed by atoms with E-state index in [1.165, 1.54) is 0 Å². The standard InChI is InChI=1S/C9H20FO2P/c1-7(2)6-9(5)12-13(10,11)8(3)4/h7-9H,6H2,1-5H3. The molecular weight excluding hydrogens is 190 g/mol. The zero-order valence-electron chi connectivity index (χ0n) is 9.08. The first kappa shape index (κ1) is 13.1. The summed E-state index contributed by atoms with van der Waals surface area (Å²) in [4.78, 5) is 0. The first-order valence-corrected chi connectivity index (χ1v) is 6.32. The van der Waals surface area contributed by atoms with Crippen LogP contribution in [0.15, 0.2) is 0 Å².